The fraction of sp³-hybridized carbons (Fsp3) is 0.474. The number of rotatable bonds is 8. The standard InChI is InChI=1S/C19H28FN5O/c1-5-21-19(23-12-18-24-14(2)15(3)26-18)22-10-11-25(4)13-16-6-8-17(20)9-7-16/h6-9H,5,10-13H2,1-4H3,(H2,21,22,23). The lowest BCUT2D eigenvalue weighted by atomic mass is 10.2. The average Bonchev–Trinajstić information content (AvgIpc) is 2.93. The summed E-state index contributed by atoms with van der Waals surface area (Å²) >= 11 is 0. The van der Waals surface area contributed by atoms with Crippen molar-refractivity contribution in [2.45, 2.75) is 33.9 Å². The zero-order chi connectivity index (χ0) is 18.9. The molecule has 0 atom stereocenters. The summed E-state index contributed by atoms with van der Waals surface area (Å²) in [5, 5.41) is 6.52. The van der Waals surface area contributed by atoms with E-state index < -0.39 is 0 Å². The molecular formula is C19H28FN5O. The quantitative estimate of drug-likeness (QED) is 0.559. The van der Waals surface area contributed by atoms with E-state index in [0.29, 0.717) is 12.4 Å². The number of oxazole rings is 1. The zero-order valence-corrected chi connectivity index (χ0v) is 16.0. The summed E-state index contributed by atoms with van der Waals surface area (Å²) in [5.74, 6) is 1.97. The van der Waals surface area contributed by atoms with Gasteiger partial charge in [-0.1, -0.05) is 12.1 Å². The van der Waals surface area contributed by atoms with Crippen molar-refractivity contribution in [2.75, 3.05) is 26.7 Å². The Morgan fingerprint density at radius 3 is 2.58 bits per heavy atom. The third kappa shape index (κ3) is 6.48. The topological polar surface area (TPSA) is 65.7 Å². The normalized spacial score (nSPS) is 11.8. The van der Waals surface area contributed by atoms with Gasteiger partial charge in [0.15, 0.2) is 5.96 Å². The van der Waals surface area contributed by atoms with Gasteiger partial charge in [0.05, 0.1) is 5.69 Å². The molecule has 0 bridgehead atoms. The van der Waals surface area contributed by atoms with Crippen LogP contribution in [-0.2, 0) is 13.1 Å². The number of hydrogen-bond acceptors (Lipinski definition) is 4. The SMILES string of the molecule is CCNC(=NCc1nc(C)c(C)o1)NCCN(C)Cc1ccc(F)cc1. The summed E-state index contributed by atoms with van der Waals surface area (Å²) in [6.07, 6.45) is 0. The van der Waals surface area contributed by atoms with E-state index in [1.807, 2.05) is 40.0 Å². The van der Waals surface area contributed by atoms with E-state index in [1.54, 1.807) is 0 Å². The van der Waals surface area contributed by atoms with Crippen molar-refractivity contribution >= 4 is 5.96 Å². The first-order chi connectivity index (χ1) is 12.5. The molecule has 1 aromatic heterocycles. The molecule has 0 aliphatic heterocycles. The predicted molar refractivity (Wildman–Crippen MR) is 102 cm³/mol. The third-order valence-corrected chi connectivity index (χ3v) is 3.94. The lowest BCUT2D eigenvalue weighted by molar-refractivity contribution is 0.331. The molecule has 1 aromatic carbocycles. The molecule has 0 saturated carbocycles. The van der Waals surface area contributed by atoms with Crippen molar-refractivity contribution < 1.29 is 8.81 Å². The third-order valence-electron chi connectivity index (χ3n) is 3.94. The summed E-state index contributed by atoms with van der Waals surface area (Å²) in [5.41, 5.74) is 1.99. The van der Waals surface area contributed by atoms with E-state index in [-0.39, 0.29) is 5.82 Å². The number of aryl methyl sites for hydroxylation is 2. The van der Waals surface area contributed by atoms with Crippen molar-refractivity contribution in [1.29, 1.82) is 0 Å². The monoisotopic (exact) mass is 361 g/mol. The number of nitrogens with one attached hydrogen (secondary N) is 2. The van der Waals surface area contributed by atoms with Crippen LogP contribution >= 0.6 is 0 Å². The van der Waals surface area contributed by atoms with Crippen LogP contribution in [0.15, 0.2) is 33.7 Å². The van der Waals surface area contributed by atoms with Crippen LogP contribution in [0.3, 0.4) is 0 Å². The molecule has 142 valence electrons. The highest BCUT2D eigenvalue weighted by molar-refractivity contribution is 5.79. The van der Waals surface area contributed by atoms with Gasteiger partial charge in [0.25, 0.3) is 0 Å². The Balaban J connectivity index is 1.79. The second-order valence-corrected chi connectivity index (χ2v) is 6.24. The Morgan fingerprint density at radius 2 is 1.96 bits per heavy atom. The maximum Gasteiger partial charge on any atom is 0.216 e. The second-order valence-electron chi connectivity index (χ2n) is 6.24. The van der Waals surface area contributed by atoms with E-state index >= 15 is 0 Å². The molecule has 2 aromatic rings. The molecule has 7 heteroatoms. The van der Waals surface area contributed by atoms with E-state index in [4.69, 9.17) is 4.42 Å². The minimum absolute atomic E-state index is 0.207. The number of aliphatic imine (C=N–C) groups is 1. The van der Waals surface area contributed by atoms with E-state index in [0.717, 1.165) is 49.2 Å². The molecule has 0 radical (unpaired) electrons. The number of halogens is 1. The smallest absolute Gasteiger partial charge is 0.216 e. The van der Waals surface area contributed by atoms with Gasteiger partial charge in [-0.25, -0.2) is 14.4 Å². The summed E-state index contributed by atoms with van der Waals surface area (Å²) in [6, 6.07) is 6.60. The fourth-order valence-electron chi connectivity index (χ4n) is 2.44. The van der Waals surface area contributed by atoms with E-state index in [9.17, 15) is 4.39 Å². The van der Waals surface area contributed by atoms with E-state index in [1.165, 1.54) is 12.1 Å². The maximum absolute atomic E-state index is 13.0. The first kappa shape index (κ1) is 19.9. The molecule has 0 aliphatic carbocycles. The van der Waals surface area contributed by atoms with Crippen molar-refractivity contribution in [3.63, 3.8) is 0 Å². The van der Waals surface area contributed by atoms with Crippen LogP contribution in [0.25, 0.3) is 0 Å². The Hall–Kier alpha value is -2.41. The van der Waals surface area contributed by atoms with Crippen LogP contribution in [0.4, 0.5) is 4.39 Å². The molecule has 1 heterocycles. The molecule has 2 N–H and O–H groups in total. The summed E-state index contributed by atoms with van der Waals surface area (Å²) < 4.78 is 18.5. The minimum Gasteiger partial charge on any atom is -0.444 e. The number of aromatic nitrogens is 1. The summed E-state index contributed by atoms with van der Waals surface area (Å²) in [4.78, 5) is 11.0. The minimum atomic E-state index is -0.207. The molecule has 0 amide bonds. The summed E-state index contributed by atoms with van der Waals surface area (Å²) in [6.45, 7) is 9.37. The number of guanidine groups is 1. The first-order valence-corrected chi connectivity index (χ1v) is 8.86. The number of nitrogens with zero attached hydrogens (tertiary/aromatic N) is 3. The van der Waals surface area contributed by atoms with Gasteiger partial charge in [-0.05, 0) is 45.5 Å². The van der Waals surface area contributed by atoms with Crippen LogP contribution < -0.4 is 10.6 Å². The van der Waals surface area contributed by atoms with Crippen LogP contribution in [0.2, 0.25) is 0 Å². The first-order valence-electron chi connectivity index (χ1n) is 8.86. The van der Waals surface area contributed by atoms with Gasteiger partial charge in [-0.3, -0.25) is 0 Å². The van der Waals surface area contributed by atoms with Gasteiger partial charge >= 0.3 is 0 Å². The maximum atomic E-state index is 13.0. The van der Waals surface area contributed by atoms with Gasteiger partial charge in [0, 0.05) is 26.2 Å². The molecule has 26 heavy (non-hydrogen) atoms. The summed E-state index contributed by atoms with van der Waals surface area (Å²) in [7, 11) is 2.04. The lowest BCUT2D eigenvalue weighted by Gasteiger charge is -2.18. The Bertz CT molecular complexity index is 692. The van der Waals surface area contributed by atoms with E-state index in [2.05, 4.69) is 25.5 Å². The number of hydrogen-bond donors (Lipinski definition) is 2. The van der Waals surface area contributed by atoms with Crippen molar-refractivity contribution in [3.05, 3.63) is 53.0 Å². The molecule has 6 nitrogen and oxygen atoms in total. The predicted octanol–water partition coefficient (Wildman–Crippen LogP) is 2.62. The number of benzene rings is 1. The van der Waals surface area contributed by atoms with Crippen LogP contribution in [0.5, 0.6) is 0 Å². The lowest BCUT2D eigenvalue weighted by Crippen LogP contribution is -2.40. The molecule has 2 rings (SSSR count). The highest BCUT2D eigenvalue weighted by atomic mass is 19.1. The average molecular weight is 361 g/mol. The van der Waals surface area contributed by atoms with Gasteiger partial charge in [-0.15, -0.1) is 0 Å². The molecular weight excluding hydrogens is 333 g/mol. The van der Waals surface area contributed by atoms with Gasteiger partial charge in [0.1, 0.15) is 18.1 Å². The van der Waals surface area contributed by atoms with Gasteiger partial charge < -0.3 is 20.0 Å². The molecule has 0 fully saturated rings. The Kier molecular flexibility index (Phi) is 7.59. The van der Waals surface area contributed by atoms with Crippen LogP contribution in [-0.4, -0.2) is 42.5 Å². The van der Waals surface area contributed by atoms with Crippen molar-refractivity contribution in [1.82, 2.24) is 20.5 Å². The Morgan fingerprint density at radius 1 is 1.23 bits per heavy atom. The van der Waals surface area contributed by atoms with Gasteiger partial charge in [-0.2, -0.15) is 0 Å². The fourth-order valence-corrected chi connectivity index (χ4v) is 2.44. The highest BCUT2D eigenvalue weighted by Gasteiger charge is 2.06. The van der Waals surface area contributed by atoms with Crippen molar-refractivity contribution in [2.24, 2.45) is 4.99 Å². The van der Waals surface area contributed by atoms with Gasteiger partial charge in [0.2, 0.25) is 5.89 Å². The zero-order valence-electron chi connectivity index (χ0n) is 16.0. The second kappa shape index (κ2) is 9.91. The van der Waals surface area contributed by atoms with Crippen LogP contribution in [0.1, 0.15) is 29.8 Å². The molecule has 0 aliphatic rings. The van der Waals surface area contributed by atoms with Crippen molar-refractivity contribution in [3.8, 4) is 0 Å². The number of likely N-dealkylation sites (N-methyl/N-ethyl adjacent to an activating group) is 1. The largest absolute Gasteiger partial charge is 0.444 e. The van der Waals surface area contributed by atoms with Crippen LogP contribution in [0, 0.1) is 19.7 Å². The highest BCUT2D eigenvalue weighted by Crippen LogP contribution is 2.09. The molecule has 0 saturated heterocycles. The molecule has 0 unspecified atom stereocenters. The Labute approximate surface area is 154 Å². The molecule has 0 spiro atoms.